The van der Waals surface area contributed by atoms with Gasteiger partial charge in [0.2, 0.25) is 11.7 Å². The topological polar surface area (TPSA) is 102 Å². The molecule has 170 valence electrons. The molecule has 7 heteroatoms. The van der Waals surface area contributed by atoms with Crippen molar-refractivity contribution in [3.8, 4) is 23.4 Å². The number of hydrogen-bond acceptors (Lipinski definition) is 6. The largest absolute Gasteiger partial charge is 0.497 e. The molecule has 0 radical (unpaired) electrons. The maximum atomic E-state index is 13.0. The van der Waals surface area contributed by atoms with Gasteiger partial charge in [0.15, 0.2) is 6.61 Å². The lowest BCUT2D eigenvalue weighted by Crippen LogP contribution is -2.28. The van der Waals surface area contributed by atoms with E-state index in [2.05, 4.69) is 0 Å². The number of para-hydroxylation sites is 1. The second kappa shape index (κ2) is 10.0. The van der Waals surface area contributed by atoms with E-state index in [0.29, 0.717) is 17.9 Å². The number of aromatic hydroxyl groups is 1. The van der Waals surface area contributed by atoms with Crippen molar-refractivity contribution in [2.75, 3.05) is 13.7 Å². The molecule has 0 aliphatic carbocycles. The summed E-state index contributed by atoms with van der Waals surface area (Å²) < 4.78 is 12.0. The zero-order chi connectivity index (χ0) is 24.1. The molecule has 3 rings (SSSR count). The summed E-state index contributed by atoms with van der Waals surface area (Å²) in [7, 11) is 1.57. The molecule has 0 amide bonds. The number of benzene rings is 2. The highest BCUT2D eigenvalue weighted by molar-refractivity contribution is 6.01. The highest BCUT2D eigenvalue weighted by Gasteiger charge is 2.24. The molecule has 1 N–H and O–H groups in total. The van der Waals surface area contributed by atoms with Crippen LogP contribution in [0.1, 0.15) is 38.2 Å². The highest BCUT2D eigenvalue weighted by atomic mass is 16.5. The third-order valence-corrected chi connectivity index (χ3v) is 5.62. The molecule has 0 saturated carbocycles. The Hall–Kier alpha value is -4.05. The minimum Gasteiger partial charge on any atom is -0.497 e. The second-order valence-corrected chi connectivity index (χ2v) is 7.80. The normalized spacial score (nSPS) is 10.5. The van der Waals surface area contributed by atoms with Crippen LogP contribution in [0.5, 0.6) is 17.4 Å². The smallest absolute Gasteiger partial charge is 0.271 e. The van der Waals surface area contributed by atoms with Crippen molar-refractivity contribution in [2.24, 2.45) is 0 Å². The number of pyridine rings is 1. The van der Waals surface area contributed by atoms with E-state index >= 15 is 0 Å². The number of nitrogens with zero attached hydrogens (tertiary/aromatic N) is 2. The van der Waals surface area contributed by atoms with Gasteiger partial charge in [0, 0.05) is 6.54 Å². The molecule has 33 heavy (non-hydrogen) atoms. The lowest BCUT2D eigenvalue weighted by atomic mass is 10.0. The van der Waals surface area contributed by atoms with Gasteiger partial charge in [-0.25, -0.2) is 0 Å². The van der Waals surface area contributed by atoms with Crippen molar-refractivity contribution in [1.82, 2.24) is 4.57 Å². The van der Waals surface area contributed by atoms with Crippen molar-refractivity contribution >= 4 is 5.78 Å². The van der Waals surface area contributed by atoms with Crippen LogP contribution in [-0.4, -0.2) is 29.2 Å². The van der Waals surface area contributed by atoms with Gasteiger partial charge in [-0.15, -0.1) is 0 Å². The van der Waals surface area contributed by atoms with Crippen LogP contribution >= 0.6 is 0 Å². The van der Waals surface area contributed by atoms with Crippen molar-refractivity contribution < 1.29 is 19.4 Å². The average Bonchev–Trinajstić information content (AvgIpc) is 2.79. The van der Waals surface area contributed by atoms with Gasteiger partial charge in [-0.1, -0.05) is 30.3 Å². The predicted octanol–water partition coefficient (Wildman–Crippen LogP) is 3.86. The molecule has 3 aromatic rings. The van der Waals surface area contributed by atoms with Gasteiger partial charge >= 0.3 is 0 Å². The second-order valence-electron chi connectivity index (χ2n) is 7.80. The fourth-order valence-corrected chi connectivity index (χ4v) is 3.76. The maximum absolute atomic E-state index is 13.0. The number of ketones is 1. The predicted molar refractivity (Wildman–Crippen MR) is 124 cm³/mol. The monoisotopic (exact) mass is 446 g/mol. The average molecular weight is 447 g/mol. The van der Waals surface area contributed by atoms with E-state index in [1.807, 2.05) is 50.2 Å². The summed E-state index contributed by atoms with van der Waals surface area (Å²) in [6.07, 6.45) is 0.415. The van der Waals surface area contributed by atoms with Crippen LogP contribution < -0.4 is 15.0 Å². The third-order valence-electron chi connectivity index (χ3n) is 5.62. The molecule has 1 aromatic heterocycles. The number of aromatic nitrogens is 1. The fourth-order valence-electron chi connectivity index (χ4n) is 3.76. The Bertz CT molecular complexity index is 1260. The first-order chi connectivity index (χ1) is 15.8. The lowest BCUT2D eigenvalue weighted by molar-refractivity contribution is 0.0915. The van der Waals surface area contributed by atoms with Crippen molar-refractivity contribution in [3.63, 3.8) is 0 Å². The number of methoxy groups -OCH3 is 1. The van der Waals surface area contributed by atoms with Crippen molar-refractivity contribution in [3.05, 3.63) is 86.2 Å². The van der Waals surface area contributed by atoms with E-state index in [1.165, 1.54) is 6.92 Å². The van der Waals surface area contributed by atoms with Crippen molar-refractivity contribution in [2.45, 2.75) is 33.7 Å². The zero-order valence-electron chi connectivity index (χ0n) is 19.1. The molecule has 0 aliphatic heterocycles. The summed E-state index contributed by atoms with van der Waals surface area (Å²) >= 11 is 0. The Morgan fingerprint density at radius 3 is 2.30 bits per heavy atom. The van der Waals surface area contributed by atoms with Crippen LogP contribution in [0.3, 0.4) is 0 Å². The molecular formula is C26H26N2O5. The Balaban J connectivity index is 1.91. The first kappa shape index (κ1) is 23.6. The summed E-state index contributed by atoms with van der Waals surface area (Å²) in [5, 5.41) is 20.4. The fraction of sp³-hybridized carbons (Fsp3) is 0.269. The molecule has 0 fully saturated rings. The standard InChI is InChI=1S/C26H26N2O5/c1-16-6-5-7-17(2)24(16)33-15-22(29)23-18(3)21(14-27)25(30)28(26(23)31)13-12-19-8-10-20(32-4)11-9-19/h5-11,31H,12-13,15H2,1-4H3. The quantitative estimate of drug-likeness (QED) is 0.527. The van der Waals surface area contributed by atoms with Gasteiger partial charge in [0.05, 0.1) is 12.7 Å². The summed E-state index contributed by atoms with van der Waals surface area (Å²) in [6, 6.07) is 14.8. The minimum atomic E-state index is -0.631. The molecule has 0 saturated heterocycles. The maximum Gasteiger partial charge on any atom is 0.271 e. The molecule has 0 bridgehead atoms. The summed E-state index contributed by atoms with van der Waals surface area (Å²) in [5.41, 5.74) is 1.94. The van der Waals surface area contributed by atoms with Crippen LogP contribution in [0.15, 0.2) is 47.3 Å². The molecule has 7 nitrogen and oxygen atoms in total. The summed E-state index contributed by atoms with van der Waals surface area (Å²) in [5.74, 6) is 0.330. The SMILES string of the molecule is COc1ccc(CCn2c(O)c(C(=O)COc3c(C)cccc3C)c(C)c(C#N)c2=O)cc1. The molecule has 2 aromatic carbocycles. The number of carbonyl (C=O) groups excluding carboxylic acids is 1. The van der Waals surface area contributed by atoms with E-state index in [-0.39, 0.29) is 29.8 Å². The molecule has 0 unspecified atom stereocenters. The van der Waals surface area contributed by atoms with Crippen LogP contribution in [0.25, 0.3) is 0 Å². The van der Waals surface area contributed by atoms with Gasteiger partial charge < -0.3 is 14.6 Å². The zero-order valence-corrected chi connectivity index (χ0v) is 19.1. The Morgan fingerprint density at radius 2 is 1.73 bits per heavy atom. The first-order valence-electron chi connectivity index (χ1n) is 10.5. The number of ether oxygens (including phenoxy) is 2. The lowest BCUT2D eigenvalue weighted by Gasteiger charge is -2.17. The van der Waals surface area contributed by atoms with Gasteiger partial charge in [-0.3, -0.25) is 14.2 Å². The molecule has 0 aliphatic rings. The van der Waals surface area contributed by atoms with E-state index in [4.69, 9.17) is 9.47 Å². The van der Waals surface area contributed by atoms with E-state index in [1.54, 1.807) is 19.2 Å². The number of rotatable bonds is 8. The highest BCUT2D eigenvalue weighted by Crippen LogP contribution is 2.26. The number of hydrogen-bond donors (Lipinski definition) is 1. The number of nitriles is 1. The molecular weight excluding hydrogens is 420 g/mol. The number of carbonyl (C=O) groups is 1. The van der Waals surface area contributed by atoms with E-state index < -0.39 is 17.2 Å². The molecule has 0 spiro atoms. The van der Waals surface area contributed by atoms with Gasteiger partial charge in [0.25, 0.3) is 5.56 Å². The summed E-state index contributed by atoms with van der Waals surface area (Å²) in [6.45, 7) is 5.01. The Kier molecular flexibility index (Phi) is 7.19. The first-order valence-corrected chi connectivity index (χ1v) is 10.5. The number of Topliss-reactive ketones (excluding diaryl/α,β-unsaturated/α-hetero) is 1. The van der Waals surface area contributed by atoms with Crippen LogP contribution in [0.4, 0.5) is 0 Å². The van der Waals surface area contributed by atoms with Gasteiger partial charge in [0.1, 0.15) is 23.1 Å². The Morgan fingerprint density at radius 1 is 1.09 bits per heavy atom. The summed E-state index contributed by atoms with van der Waals surface area (Å²) in [4.78, 5) is 25.9. The minimum absolute atomic E-state index is 0.0767. The Labute approximate surface area is 192 Å². The molecule has 0 atom stereocenters. The van der Waals surface area contributed by atoms with E-state index in [0.717, 1.165) is 21.3 Å². The molecule has 1 heterocycles. The van der Waals surface area contributed by atoms with Gasteiger partial charge in [-0.2, -0.15) is 5.26 Å². The van der Waals surface area contributed by atoms with E-state index in [9.17, 15) is 20.0 Å². The number of aryl methyl sites for hydroxylation is 3. The van der Waals surface area contributed by atoms with Crippen molar-refractivity contribution in [1.29, 1.82) is 5.26 Å². The van der Waals surface area contributed by atoms with Crippen LogP contribution in [-0.2, 0) is 13.0 Å². The third kappa shape index (κ3) is 4.90. The van der Waals surface area contributed by atoms with Crippen LogP contribution in [0.2, 0.25) is 0 Å². The van der Waals surface area contributed by atoms with Crippen LogP contribution in [0, 0.1) is 32.1 Å². The van der Waals surface area contributed by atoms with Gasteiger partial charge in [-0.05, 0) is 61.6 Å².